The van der Waals surface area contributed by atoms with Crippen LogP contribution >= 0.6 is 0 Å². The van der Waals surface area contributed by atoms with Gasteiger partial charge in [-0.25, -0.2) is 13.1 Å². The molecule has 1 fully saturated rings. The fraction of sp³-hybridized carbons (Fsp3) is 0.600. The smallest absolute Gasteiger partial charge is 0.240 e. The third kappa shape index (κ3) is 3.40. The zero-order valence-electron chi connectivity index (χ0n) is 12.3. The molecule has 0 heterocycles. The first-order valence-electron chi connectivity index (χ1n) is 7.24. The molecule has 2 rings (SSSR count). The van der Waals surface area contributed by atoms with Gasteiger partial charge in [0.25, 0.3) is 0 Å². The van der Waals surface area contributed by atoms with Gasteiger partial charge in [-0.2, -0.15) is 0 Å². The Bertz CT molecular complexity index is 576. The van der Waals surface area contributed by atoms with Crippen LogP contribution in [0.4, 0.5) is 0 Å². The van der Waals surface area contributed by atoms with Gasteiger partial charge in [0.05, 0.1) is 4.90 Å². The van der Waals surface area contributed by atoms with Gasteiger partial charge in [-0.1, -0.05) is 18.9 Å². The van der Waals surface area contributed by atoms with E-state index in [-0.39, 0.29) is 0 Å². The highest BCUT2D eigenvalue weighted by Gasteiger charge is 2.22. The van der Waals surface area contributed by atoms with Crippen LogP contribution in [0.15, 0.2) is 17.0 Å². The molecule has 1 saturated carbocycles. The molecule has 0 spiro atoms. The van der Waals surface area contributed by atoms with E-state index in [2.05, 4.69) is 4.72 Å². The van der Waals surface area contributed by atoms with Crippen LogP contribution in [0.1, 0.15) is 42.4 Å². The highest BCUT2D eigenvalue weighted by molar-refractivity contribution is 7.89. The van der Waals surface area contributed by atoms with Gasteiger partial charge in [0, 0.05) is 13.1 Å². The summed E-state index contributed by atoms with van der Waals surface area (Å²) in [4.78, 5) is 0.371. The minimum Gasteiger partial charge on any atom is -0.326 e. The van der Waals surface area contributed by atoms with Gasteiger partial charge in [-0.05, 0) is 55.4 Å². The fourth-order valence-electron chi connectivity index (χ4n) is 2.82. The molecule has 0 amide bonds. The van der Waals surface area contributed by atoms with Gasteiger partial charge in [0.2, 0.25) is 10.0 Å². The van der Waals surface area contributed by atoms with Crippen molar-refractivity contribution in [1.82, 2.24) is 4.72 Å². The van der Waals surface area contributed by atoms with Gasteiger partial charge < -0.3 is 5.73 Å². The predicted octanol–water partition coefficient (Wildman–Crippen LogP) is 2.23. The molecule has 0 radical (unpaired) electrons. The summed E-state index contributed by atoms with van der Waals surface area (Å²) in [6.45, 7) is 4.67. The highest BCUT2D eigenvalue weighted by Crippen LogP contribution is 2.25. The number of rotatable bonds is 5. The molecule has 1 aromatic rings. The van der Waals surface area contributed by atoms with Crippen molar-refractivity contribution in [2.45, 2.75) is 51.0 Å². The van der Waals surface area contributed by atoms with E-state index in [0.29, 0.717) is 23.9 Å². The molecule has 0 bridgehead atoms. The van der Waals surface area contributed by atoms with Gasteiger partial charge in [-0.15, -0.1) is 0 Å². The molecular weight excluding hydrogens is 272 g/mol. The Balaban J connectivity index is 2.21. The molecule has 0 aromatic heterocycles. The standard InChI is InChI=1S/C15H24N2O2S/c1-11-7-14(9-16)8-15(12(11)2)20(18,19)17-10-13-5-3-4-6-13/h7-8,13,17H,3-6,9-10,16H2,1-2H3. The monoisotopic (exact) mass is 296 g/mol. The van der Waals surface area contributed by atoms with Crippen LogP contribution in [0, 0.1) is 19.8 Å². The number of hydrogen-bond donors (Lipinski definition) is 2. The summed E-state index contributed by atoms with van der Waals surface area (Å²) in [5.74, 6) is 0.490. The summed E-state index contributed by atoms with van der Waals surface area (Å²) in [7, 11) is -3.44. The lowest BCUT2D eigenvalue weighted by molar-refractivity contribution is 0.519. The zero-order valence-corrected chi connectivity index (χ0v) is 13.1. The SMILES string of the molecule is Cc1cc(CN)cc(S(=O)(=O)NCC2CCCC2)c1C. The average Bonchev–Trinajstić information content (AvgIpc) is 2.92. The van der Waals surface area contributed by atoms with E-state index < -0.39 is 10.0 Å². The third-order valence-electron chi connectivity index (χ3n) is 4.24. The minimum atomic E-state index is -3.44. The van der Waals surface area contributed by atoms with Crippen molar-refractivity contribution in [1.29, 1.82) is 0 Å². The molecule has 3 N–H and O–H groups in total. The number of nitrogens with one attached hydrogen (secondary N) is 1. The van der Waals surface area contributed by atoms with Crippen LogP contribution < -0.4 is 10.5 Å². The molecular formula is C15H24N2O2S. The van der Waals surface area contributed by atoms with Crippen molar-refractivity contribution in [3.63, 3.8) is 0 Å². The van der Waals surface area contributed by atoms with E-state index in [1.54, 1.807) is 6.07 Å². The molecule has 1 aliphatic rings. The molecule has 20 heavy (non-hydrogen) atoms. The lowest BCUT2D eigenvalue weighted by Gasteiger charge is -2.15. The highest BCUT2D eigenvalue weighted by atomic mass is 32.2. The van der Waals surface area contributed by atoms with Gasteiger partial charge >= 0.3 is 0 Å². The van der Waals surface area contributed by atoms with E-state index >= 15 is 0 Å². The molecule has 0 atom stereocenters. The van der Waals surface area contributed by atoms with Crippen molar-refractivity contribution >= 4 is 10.0 Å². The normalized spacial score (nSPS) is 16.8. The third-order valence-corrected chi connectivity index (χ3v) is 5.79. The molecule has 1 aromatic carbocycles. The van der Waals surface area contributed by atoms with E-state index in [1.807, 2.05) is 19.9 Å². The molecule has 5 heteroatoms. The Morgan fingerprint density at radius 2 is 1.90 bits per heavy atom. The fourth-order valence-corrected chi connectivity index (χ4v) is 4.30. The molecule has 0 aliphatic heterocycles. The first kappa shape index (κ1) is 15.5. The number of sulfonamides is 1. The second-order valence-corrected chi connectivity index (χ2v) is 7.48. The second-order valence-electron chi connectivity index (χ2n) is 5.74. The number of benzene rings is 1. The Morgan fingerprint density at radius 3 is 2.50 bits per heavy atom. The lowest BCUT2D eigenvalue weighted by Crippen LogP contribution is -2.29. The molecule has 4 nitrogen and oxygen atoms in total. The van der Waals surface area contributed by atoms with E-state index in [9.17, 15) is 8.42 Å². The molecule has 0 saturated heterocycles. The maximum absolute atomic E-state index is 12.5. The molecule has 1 aliphatic carbocycles. The topological polar surface area (TPSA) is 72.2 Å². The van der Waals surface area contributed by atoms with Crippen LogP contribution in [0.5, 0.6) is 0 Å². The second kappa shape index (κ2) is 6.24. The Kier molecular flexibility index (Phi) is 4.83. The largest absolute Gasteiger partial charge is 0.326 e. The van der Waals surface area contributed by atoms with Crippen LogP contribution in [0.25, 0.3) is 0 Å². The van der Waals surface area contributed by atoms with Crippen molar-refractivity contribution in [2.75, 3.05) is 6.54 Å². The maximum atomic E-state index is 12.5. The van der Waals surface area contributed by atoms with Crippen LogP contribution in [0.2, 0.25) is 0 Å². The Morgan fingerprint density at radius 1 is 1.25 bits per heavy atom. The van der Waals surface area contributed by atoms with Gasteiger partial charge in [-0.3, -0.25) is 0 Å². The Labute approximate surface area is 121 Å². The van der Waals surface area contributed by atoms with Crippen molar-refractivity contribution in [2.24, 2.45) is 11.7 Å². The van der Waals surface area contributed by atoms with E-state index in [4.69, 9.17) is 5.73 Å². The Hall–Kier alpha value is -0.910. The first-order chi connectivity index (χ1) is 9.44. The average molecular weight is 296 g/mol. The quantitative estimate of drug-likeness (QED) is 0.875. The molecule has 0 unspecified atom stereocenters. The van der Waals surface area contributed by atoms with Gasteiger partial charge in [0.15, 0.2) is 0 Å². The van der Waals surface area contributed by atoms with Crippen LogP contribution in [0.3, 0.4) is 0 Å². The van der Waals surface area contributed by atoms with Crippen LogP contribution in [-0.4, -0.2) is 15.0 Å². The summed E-state index contributed by atoms with van der Waals surface area (Å²) >= 11 is 0. The number of hydrogen-bond acceptors (Lipinski definition) is 3. The predicted molar refractivity (Wildman–Crippen MR) is 81.0 cm³/mol. The number of nitrogens with two attached hydrogens (primary N) is 1. The van der Waals surface area contributed by atoms with E-state index in [1.165, 1.54) is 12.8 Å². The minimum absolute atomic E-state index is 0.353. The maximum Gasteiger partial charge on any atom is 0.240 e. The number of aryl methyl sites for hydroxylation is 1. The summed E-state index contributed by atoms with van der Waals surface area (Å²) in [6, 6.07) is 3.64. The summed E-state index contributed by atoms with van der Waals surface area (Å²) in [5.41, 5.74) is 8.27. The van der Waals surface area contributed by atoms with Crippen molar-refractivity contribution in [3.8, 4) is 0 Å². The lowest BCUT2D eigenvalue weighted by atomic mass is 10.1. The van der Waals surface area contributed by atoms with Crippen LogP contribution in [-0.2, 0) is 16.6 Å². The zero-order chi connectivity index (χ0) is 14.8. The first-order valence-corrected chi connectivity index (χ1v) is 8.72. The molecule has 112 valence electrons. The van der Waals surface area contributed by atoms with Gasteiger partial charge in [0.1, 0.15) is 0 Å². The summed E-state index contributed by atoms with van der Waals surface area (Å²) < 4.78 is 27.7. The summed E-state index contributed by atoms with van der Waals surface area (Å²) in [5, 5.41) is 0. The summed E-state index contributed by atoms with van der Waals surface area (Å²) in [6.07, 6.45) is 4.69. The van der Waals surface area contributed by atoms with E-state index in [0.717, 1.165) is 29.5 Å². The van der Waals surface area contributed by atoms with Crippen molar-refractivity contribution < 1.29 is 8.42 Å². The van der Waals surface area contributed by atoms with Crippen molar-refractivity contribution in [3.05, 3.63) is 28.8 Å².